The van der Waals surface area contributed by atoms with Crippen molar-refractivity contribution < 1.29 is 22.6 Å². The molecule has 0 N–H and O–H groups in total. The zero-order valence-electron chi connectivity index (χ0n) is 10.7. The molecule has 1 aliphatic heterocycles. The molecule has 0 bridgehead atoms. The minimum absolute atomic E-state index is 0.198. The van der Waals surface area contributed by atoms with E-state index in [4.69, 9.17) is 24.9 Å². The summed E-state index contributed by atoms with van der Waals surface area (Å²) in [6.07, 6.45) is 0.156. The Labute approximate surface area is 134 Å². The Bertz CT molecular complexity index is 559. The molecule has 0 spiro atoms. The number of rotatable bonds is 6. The molecule has 1 aliphatic rings. The van der Waals surface area contributed by atoms with E-state index in [0.717, 1.165) is 9.54 Å². The summed E-state index contributed by atoms with van der Waals surface area (Å²) in [6.45, 7) is 2.63. The van der Waals surface area contributed by atoms with E-state index in [1.54, 1.807) is 6.92 Å². The molecule has 114 valence electrons. The average Bonchev–Trinajstić information content (AvgIpc) is 2.75. The first-order valence-corrected chi connectivity index (χ1v) is 10.00. The fourth-order valence-electron chi connectivity index (χ4n) is 1.58. The fourth-order valence-corrected chi connectivity index (χ4v) is 3.44. The first kappa shape index (κ1) is 16.4. The smallest absolute Gasteiger partial charge is 0.235 e. The van der Waals surface area contributed by atoms with Crippen molar-refractivity contribution in [3.8, 4) is 11.5 Å². The van der Waals surface area contributed by atoms with E-state index in [9.17, 15) is 8.42 Å². The van der Waals surface area contributed by atoms with Crippen molar-refractivity contribution in [2.45, 2.75) is 24.7 Å². The Morgan fingerprint density at radius 1 is 1.65 bits per heavy atom. The molecular weight excluding hydrogens is 392 g/mol. The van der Waals surface area contributed by atoms with Crippen LogP contribution in [0.15, 0.2) is 9.17 Å². The summed E-state index contributed by atoms with van der Waals surface area (Å²) in [5.41, 5.74) is 0. The average molecular weight is 406 g/mol. The van der Waals surface area contributed by atoms with Crippen LogP contribution >= 0.6 is 37.9 Å². The molecule has 2 heterocycles. The lowest BCUT2D eigenvalue weighted by Gasteiger charge is -2.24. The van der Waals surface area contributed by atoms with Gasteiger partial charge < -0.3 is 14.2 Å². The van der Waals surface area contributed by atoms with Crippen molar-refractivity contribution in [3.63, 3.8) is 0 Å². The standard InChI is InChI=1S/C11H14BrClO5S2/c1-7(20(13,14)15)2-3-16-4-8-5-17-9-6-19-11(12)10(9)18-8/h6-8H,2-5H2,1H3. The fraction of sp³-hybridized carbons (Fsp3) is 0.636. The summed E-state index contributed by atoms with van der Waals surface area (Å²) < 4.78 is 39.7. The van der Waals surface area contributed by atoms with Gasteiger partial charge in [-0.25, -0.2) is 8.42 Å². The van der Waals surface area contributed by atoms with Gasteiger partial charge in [-0.05, 0) is 29.3 Å². The Balaban J connectivity index is 1.73. The van der Waals surface area contributed by atoms with Gasteiger partial charge in [0, 0.05) is 22.7 Å². The van der Waals surface area contributed by atoms with Gasteiger partial charge in [0.2, 0.25) is 9.05 Å². The number of fused-ring (bicyclic) bond motifs is 1. The topological polar surface area (TPSA) is 61.8 Å². The quantitative estimate of drug-likeness (QED) is 0.538. The molecule has 0 saturated heterocycles. The molecule has 1 aromatic heterocycles. The lowest BCUT2D eigenvalue weighted by Crippen LogP contribution is -2.33. The maximum Gasteiger partial charge on any atom is 0.235 e. The van der Waals surface area contributed by atoms with Crippen LogP contribution in [0.1, 0.15) is 13.3 Å². The summed E-state index contributed by atoms with van der Waals surface area (Å²) in [6, 6.07) is 0. The molecule has 0 amide bonds. The largest absolute Gasteiger partial charge is 0.485 e. The molecule has 2 atom stereocenters. The van der Waals surface area contributed by atoms with Gasteiger partial charge in [-0.1, -0.05) is 0 Å². The van der Waals surface area contributed by atoms with Crippen LogP contribution in [0.5, 0.6) is 11.5 Å². The minimum Gasteiger partial charge on any atom is -0.485 e. The second-order valence-corrected chi connectivity index (χ2v) is 9.65. The van der Waals surface area contributed by atoms with Crippen LogP contribution in [0.25, 0.3) is 0 Å². The van der Waals surface area contributed by atoms with Crippen LogP contribution in [0.4, 0.5) is 0 Å². The number of hydrogen-bond acceptors (Lipinski definition) is 6. The highest BCUT2D eigenvalue weighted by atomic mass is 79.9. The first-order chi connectivity index (χ1) is 9.38. The third-order valence-electron chi connectivity index (χ3n) is 2.83. The van der Waals surface area contributed by atoms with E-state index in [-0.39, 0.29) is 6.10 Å². The molecule has 2 unspecified atom stereocenters. The van der Waals surface area contributed by atoms with E-state index in [0.29, 0.717) is 32.0 Å². The molecule has 0 fully saturated rings. The number of thiophene rings is 1. The van der Waals surface area contributed by atoms with Gasteiger partial charge in [-0.15, -0.1) is 11.3 Å². The van der Waals surface area contributed by atoms with Crippen LogP contribution in [0, 0.1) is 0 Å². The Hall–Kier alpha value is -0.0200. The molecule has 0 radical (unpaired) electrons. The third-order valence-corrected chi connectivity index (χ3v) is 6.59. The van der Waals surface area contributed by atoms with Gasteiger partial charge in [0.05, 0.1) is 11.9 Å². The van der Waals surface area contributed by atoms with Crippen molar-refractivity contribution in [2.24, 2.45) is 0 Å². The number of hydrogen-bond donors (Lipinski definition) is 0. The highest BCUT2D eigenvalue weighted by molar-refractivity contribution is 9.11. The summed E-state index contributed by atoms with van der Waals surface area (Å²) in [5.74, 6) is 1.44. The number of ether oxygens (including phenoxy) is 3. The second kappa shape index (κ2) is 6.83. The van der Waals surface area contributed by atoms with Gasteiger partial charge in [-0.2, -0.15) is 0 Å². The van der Waals surface area contributed by atoms with Gasteiger partial charge in [0.25, 0.3) is 0 Å². The molecule has 9 heteroatoms. The maximum absolute atomic E-state index is 11.0. The summed E-state index contributed by atoms with van der Waals surface area (Å²) >= 11 is 4.90. The third kappa shape index (κ3) is 4.24. The van der Waals surface area contributed by atoms with Crippen LogP contribution in [0.2, 0.25) is 0 Å². The zero-order valence-corrected chi connectivity index (χ0v) is 14.6. The summed E-state index contributed by atoms with van der Waals surface area (Å²) in [5, 5.41) is 1.26. The molecular formula is C11H14BrClO5S2. The highest BCUT2D eigenvalue weighted by Gasteiger charge is 2.25. The maximum atomic E-state index is 11.0. The Kier molecular flexibility index (Phi) is 5.58. The molecule has 0 aromatic carbocycles. The van der Waals surface area contributed by atoms with Gasteiger partial charge in [0.1, 0.15) is 10.4 Å². The zero-order chi connectivity index (χ0) is 14.8. The normalized spacial score (nSPS) is 19.9. The van der Waals surface area contributed by atoms with E-state index in [1.807, 2.05) is 5.38 Å². The lowest BCUT2D eigenvalue weighted by molar-refractivity contribution is 0.00847. The van der Waals surface area contributed by atoms with Crippen LogP contribution in [0.3, 0.4) is 0 Å². The van der Waals surface area contributed by atoms with Crippen molar-refractivity contribution >= 4 is 47.0 Å². The predicted octanol–water partition coefficient (Wildman–Crippen LogP) is 3.01. The first-order valence-electron chi connectivity index (χ1n) is 5.95. The van der Waals surface area contributed by atoms with Crippen molar-refractivity contribution in [2.75, 3.05) is 19.8 Å². The van der Waals surface area contributed by atoms with Crippen LogP contribution in [-0.4, -0.2) is 39.6 Å². The molecule has 2 rings (SSSR count). The van der Waals surface area contributed by atoms with Crippen molar-refractivity contribution in [1.29, 1.82) is 0 Å². The molecule has 1 aromatic rings. The molecule has 0 saturated carbocycles. The van der Waals surface area contributed by atoms with E-state index < -0.39 is 14.3 Å². The van der Waals surface area contributed by atoms with Crippen molar-refractivity contribution in [1.82, 2.24) is 0 Å². The Morgan fingerprint density at radius 3 is 3.10 bits per heavy atom. The van der Waals surface area contributed by atoms with Gasteiger partial charge >= 0.3 is 0 Å². The Morgan fingerprint density at radius 2 is 2.40 bits per heavy atom. The van der Waals surface area contributed by atoms with Gasteiger partial charge in [0.15, 0.2) is 17.6 Å². The molecule has 0 aliphatic carbocycles. The SMILES string of the molecule is CC(CCOCC1COc2csc(Br)c2O1)S(=O)(=O)Cl. The van der Waals surface area contributed by atoms with E-state index >= 15 is 0 Å². The van der Waals surface area contributed by atoms with Gasteiger partial charge in [-0.3, -0.25) is 0 Å². The monoisotopic (exact) mass is 404 g/mol. The van der Waals surface area contributed by atoms with E-state index in [1.165, 1.54) is 11.3 Å². The minimum atomic E-state index is -3.51. The van der Waals surface area contributed by atoms with Crippen molar-refractivity contribution in [3.05, 3.63) is 9.17 Å². The summed E-state index contributed by atoms with van der Waals surface area (Å²) in [7, 11) is 1.73. The van der Waals surface area contributed by atoms with Crippen LogP contribution in [-0.2, 0) is 13.8 Å². The lowest BCUT2D eigenvalue weighted by atomic mass is 10.3. The highest BCUT2D eigenvalue weighted by Crippen LogP contribution is 2.43. The van der Waals surface area contributed by atoms with Crippen LogP contribution < -0.4 is 9.47 Å². The summed E-state index contributed by atoms with van der Waals surface area (Å²) in [4.78, 5) is 0. The second-order valence-electron chi connectivity index (χ2n) is 4.40. The molecule has 5 nitrogen and oxygen atoms in total. The predicted molar refractivity (Wildman–Crippen MR) is 81.6 cm³/mol. The number of halogens is 2. The molecule has 20 heavy (non-hydrogen) atoms. The van der Waals surface area contributed by atoms with E-state index in [2.05, 4.69) is 15.9 Å².